The van der Waals surface area contributed by atoms with Crippen molar-refractivity contribution in [3.63, 3.8) is 0 Å². The van der Waals surface area contributed by atoms with Crippen molar-refractivity contribution in [2.45, 2.75) is 45.7 Å². The van der Waals surface area contributed by atoms with Crippen LogP contribution in [0.4, 0.5) is 5.69 Å². The zero-order valence-corrected chi connectivity index (χ0v) is 18.2. The monoisotopic (exact) mass is 424 g/mol. The maximum Gasteiger partial charge on any atom is 0.257 e. The number of methoxy groups -OCH3 is 1. The lowest BCUT2D eigenvalue weighted by Crippen LogP contribution is -2.44. The zero-order valence-electron chi connectivity index (χ0n) is 18.2. The molecule has 1 aliphatic rings. The number of anilines is 1. The van der Waals surface area contributed by atoms with Gasteiger partial charge in [0.1, 0.15) is 17.5 Å². The molecular formula is C24H28N2O5. The number of benzene rings is 2. The Bertz CT molecular complexity index is 924. The Labute approximate surface area is 182 Å². The summed E-state index contributed by atoms with van der Waals surface area (Å²) in [6, 6.07) is 13.4. The van der Waals surface area contributed by atoms with Crippen LogP contribution in [0.25, 0.3) is 0 Å². The molecule has 0 saturated carbocycles. The molecule has 1 fully saturated rings. The predicted octanol–water partition coefficient (Wildman–Crippen LogP) is 3.55. The number of rotatable bonds is 9. The molecule has 2 aromatic rings. The normalized spacial score (nSPS) is 15.8. The summed E-state index contributed by atoms with van der Waals surface area (Å²) < 4.78 is 10.7. The van der Waals surface area contributed by atoms with Crippen molar-refractivity contribution >= 4 is 23.4 Å². The summed E-state index contributed by atoms with van der Waals surface area (Å²) in [4.78, 5) is 41.2. The average molecular weight is 424 g/mol. The molecule has 7 nitrogen and oxygen atoms in total. The van der Waals surface area contributed by atoms with Gasteiger partial charge >= 0.3 is 0 Å². The van der Waals surface area contributed by atoms with Crippen molar-refractivity contribution in [1.29, 1.82) is 0 Å². The molecule has 0 spiro atoms. The summed E-state index contributed by atoms with van der Waals surface area (Å²) in [6.07, 6.45) is 1.11. The molecule has 2 aromatic carbocycles. The summed E-state index contributed by atoms with van der Waals surface area (Å²) in [5.74, 6) is 0.515. The lowest BCUT2D eigenvalue weighted by molar-refractivity contribution is -0.138. The van der Waals surface area contributed by atoms with Crippen LogP contribution in [0.2, 0.25) is 0 Å². The van der Waals surface area contributed by atoms with Gasteiger partial charge in [0.05, 0.1) is 25.8 Å². The van der Waals surface area contributed by atoms with E-state index in [4.69, 9.17) is 9.47 Å². The van der Waals surface area contributed by atoms with Crippen LogP contribution < -0.4 is 14.4 Å². The van der Waals surface area contributed by atoms with Gasteiger partial charge in [0, 0.05) is 13.0 Å². The maximum absolute atomic E-state index is 13.2. The highest BCUT2D eigenvalue weighted by Crippen LogP contribution is 2.29. The average Bonchev–Trinajstić information content (AvgIpc) is 3.09. The molecule has 3 amide bonds. The number of imide groups is 1. The van der Waals surface area contributed by atoms with Crippen molar-refractivity contribution < 1.29 is 23.9 Å². The van der Waals surface area contributed by atoms with E-state index in [0.29, 0.717) is 23.8 Å². The van der Waals surface area contributed by atoms with E-state index in [1.54, 1.807) is 50.4 Å². The Balaban J connectivity index is 1.80. The fourth-order valence-corrected chi connectivity index (χ4v) is 3.54. The number of hydrogen-bond donors (Lipinski definition) is 0. The van der Waals surface area contributed by atoms with Crippen LogP contribution in [0, 0.1) is 0 Å². The number of nitrogens with zero attached hydrogens (tertiary/aromatic N) is 2. The fourth-order valence-electron chi connectivity index (χ4n) is 3.54. The van der Waals surface area contributed by atoms with Crippen molar-refractivity contribution in [3.05, 3.63) is 54.1 Å². The molecule has 0 bridgehead atoms. The van der Waals surface area contributed by atoms with Crippen molar-refractivity contribution in [3.8, 4) is 11.5 Å². The van der Waals surface area contributed by atoms with Gasteiger partial charge in [0.15, 0.2) is 0 Å². The number of amides is 3. The Kier molecular flexibility index (Phi) is 7.28. The molecule has 164 valence electrons. The second-order valence-corrected chi connectivity index (χ2v) is 7.35. The van der Waals surface area contributed by atoms with Gasteiger partial charge in [-0.3, -0.25) is 14.4 Å². The third kappa shape index (κ3) is 5.05. The SMILES string of the molecule is CCCOc1ccc(N2C(=O)CC(N(Cc3ccc(OC)cc3)C(=O)CC)C2=O)cc1. The first kappa shape index (κ1) is 22.3. The van der Waals surface area contributed by atoms with Gasteiger partial charge in [-0.2, -0.15) is 0 Å². The fraction of sp³-hybridized carbons (Fsp3) is 0.375. The van der Waals surface area contributed by atoms with Crippen LogP contribution in [0.5, 0.6) is 11.5 Å². The van der Waals surface area contributed by atoms with Crippen LogP contribution in [-0.2, 0) is 20.9 Å². The lowest BCUT2D eigenvalue weighted by atomic mass is 10.1. The second kappa shape index (κ2) is 10.1. The van der Waals surface area contributed by atoms with Crippen LogP contribution in [0.15, 0.2) is 48.5 Å². The Morgan fingerprint density at radius 3 is 2.26 bits per heavy atom. The lowest BCUT2D eigenvalue weighted by Gasteiger charge is -2.27. The molecule has 7 heteroatoms. The molecule has 1 aliphatic heterocycles. The summed E-state index contributed by atoms with van der Waals surface area (Å²) >= 11 is 0. The van der Waals surface area contributed by atoms with E-state index in [9.17, 15) is 14.4 Å². The third-order valence-corrected chi connectivity index (χ3v) is 5.20. The highest BCUT2D eigenvalue weighted by molar-refractivity contribution is 6.23. The topological polar surface area (TPSA) is 76.2 Å². The molecular weight excluding hydrogens is 396 g/mol. The zero-order chi connectivity index (χ0) is 22.4. The quantitative estimate of drug-likeness (QED) is 0.576. The minimum Gasteiger partial charge on any atom is -0.497 e. The van der Waals surface area contributed by atoms with Crippen molar-refractivity contribution in [2.24, 2.45) is 0 Å². The maximum atomic E-state index is 13.2. The molecule has 0 radical (unpaired) electrons. The largest absolute Gasteiger partial charge is 0.497 e. The molecule has 1 unspecified atom stereocenters. The highest BCUT2D eigenvalue weighted by Gasteiger charge is 2.44. The Morgan fingerprint density at radius 2 is 1.68 bits per heavy atom. The molecule has 0 aromatic heterocycles. The summed E-state index contributed by atoms with van der Waals surface area (Å²) in [7, 11) is 1.59. The Morgan fingerprint density at radius 1 is 1.03 bits per heavy atom. The van der Waals surface area contributed by atoms with E-state index >= 15 is 0 Å². The van der Waals surface area contributed by atoms with Crippen molar-refractivity contribution in [2.75, 3.05) is 18.6 Å². The van der Waals surface area contributed by atoms with E-state index in [1.165, 1.54) is 4.90 Å². The smallest absolute Gasteiger partial charge is 0.257 e. The first-order valence-corrected chi connectivity index (χ1v) is 10.5. The van der Waals surface area contributed by atoms with Crippen LogP contribution in [-0.4, -0.2) is 42.4 Å². The van der Waals surface area contributed by atoms with Crippen molar-refractivity contribution in [1.82, 2.24) is 4.90 Å². The van der Waals surface area contributed by atoms with Gasteiger partial charge < -0.3 is 14.4 Å². The minimum atomic E-state index is -0.821. The van der Waals surface area contributed by atoms with Gasteiger partial charge in [-0.05, 0) is 48.4 Å². The van der Waals surface area contributed by atoms with Gasteiger partial charge in [-0.15, -0.1) is 0 Å². The van der Waals surface area contributed by atoms with Gasteiger partial charge in [-0.1, -0.05) is 26.0 Å². The van der Waals surface area contributed by atoms with Gasteiger partial charge in [0.2, 0.25) is 11.8 Å². The second-order valence-electron chi connectivity index (χ2n) is 7.35. The van der Waals surface area contributed by atoms with Gasteiger partial charge in [0.25, 0.3) is 5.91 Å². The van der Waals surface area contributed by atoms with Gasteiger partial charge in [-0.25, -0.2) is 4.90 Å². The van der Waals surface area contributed by atoms with Crippen LogP contribution in [0.1, 0.15) is 38.7 Å². The minimum absolute atomic E-state index is 0.0329. The van der Waals surface area contributed by atoms with E-state index in [1.807, 2.05) is 19.1 Å². The van der Waals surface area contributed by atoms with E-state index < -0.39 is 6.04 Å². The van der Waals surface area contributed by atoms with E-state index in [2.05, 4.69) is 0 Å². The summed E-state index contributed by atoms with van der Waals surface area (Å²) in [6.45, 7) is 4.61. The summed E-state index contributed by atoms with van der Waals surface area (Å²) in [5, 5.41) is 0. The van der Waals surface area contributed by atoms with Crippen LogP contribution in [0.3, 0.4) is 0 Å². The number of carbonyl (C=O) groups excluding carboxylic acids is 3. The third-order valence-electron chi connectivity index (χ3n) is 5.20. The van der Waals surface area contributed by atoms with E-state index in [0.717, 1.165) is 16.9 Å². The first-order chi connectivity index (χ1) is 15.0. The standard InChI is InChI=1S/C24H28N2O5/c1-4-14-31-20-12-8-18(9-13-20)26-23(28)15-21(24(26)29)25(22(27)5-2)16-17-6-10-19(30-3)11-7-17/h6-13,21H,4-5,14-16H2,1-3H3. The molecule has 0 aliphatic carbocycles. The van der Waals surface area contributed by atoms with E-state index in [-0.39, 0.29) is 37.1 Å². The molecule has 1 saturated heterocycles. The predicted molar refractivity (Wildman–Crippen MR) is 117 cm³/mol. The molecule has 1 heterocycles. The number of hydrogen-bond acceptors (Lipinski definition) is 5. The number of carbonyl (C=O) groups is 3. The molecule has 1 atom stereocenters. The first-order valence-electron chi connectivity index (χ1n) is 10.5. The number of ether oxygens (including phenoxy) is 2. The highest BCUT2D eigenvalue weighted by atomic mass is 16.5. The summed E-state index contributed by atoms with van der Waals surface area (Å²) in [5.41, 5.74) is 1.34. The Hall–Kier alpha value is -3.35. The van der Waals surface area contributed by atoms with Crippen LogP contribution >= 0.6 is 0 Å². The molecule has 0 N–H and O–H groups in total. The molecule has 3 rings (SSSR count). The molecule has 31 heavy (non-hydrogen) atoms.